The number of carbonyl (C=O) groups excluding carboxylic acids is 3. The predicted molar refractivity (Wildman–Crippen MR) is 120 cm³/mol. The molecule has 0 saturated heterocycles. The number of alkyl carbamates (subject to hydrolysis) is 1. The zero-order valence-corrected chi connectivity index (χ0v) is 19.1. The van der Waals surface area contributed by atoms with Gasteiger partial charge < -0.3 is 10.1 Å². The van der Waals surface area contributed by atoms with Crippen LogP contribution in [0.3, 0.4) is 0 Å². The lowest BCUT2D eigenvalue weighted by molar-refractivity contribution is -0.128. The van der Waals surface area contributed by atoms with Crippen molar-refractivity contribution in [2.45, 2.75) is 58.1 Å². The van der Waals surface area contributed by atoms with Crippen molar-refractivity contribution in [1.29, 1.82) is 0 Å². The van der Waals surface area contributed by atoms with Crippen molar-refractivity contribution in [3.8, 4) is 0 Å². The van der Waals surface area contributed by atoms with Crippen molar-refractivity contribution < 1.29 is 19.1 Å². The highest BCUT2D eigenvalue weighted by Gasteiger charge is 2.36. The van der Waals surface area contributed by atoms with Crippen LogP contribution in [0.1, 0.15) is 50.4 Å². The number of amides is 1. The van der Waals surface area contributed by atoms with E-state index in [0.29, 0.717) is 5.56 Å². The Balaban J connectivity index is 2.39. The van der Waals surface area contributed by atoms with Crippen LogP contribution < -0.4 is 5.32 Å². The SMILES string of the molecule is CC(=O)C(C(=O)Sc1c(C)cccc1C)[C@@H](NC(=O)OC(C)(C)C)c1ccccc1. The third kappa shape index (κ3) is 6.46. The lowest BCUT2D eigenvalue weighted by Gasteiger charge is -2.28. The van der Waals surface area contributed by atoms with Gasteiger partial charge in [0.15, 0.2) is 0 Å². The standard InChI is InChI=1S/C24H29NO4S/c1-15-11-10-12-16(2)21(15)30-22(27)19(17(3)26)20(18-13-8-7-9-14-18)25-23(28)29-24(4,5)6/h7-14,19-20H,1-6H3,(H,25,28)/t19?,20-/m0/s1. The number of Topliss-reactive ketones (excluding diaryl/α,β-unsaturated/α-hetero) is 1. The molecule has 0 aromatic heterocycles. The molecule has 0 heterocycles. The molecule has 2 atom stereocenters. The molecular weight excluding hydrogens is 398 g/mol. The summed E-state index contributed by atoms with van der Waals surface area (Å²) < 4.78 is 5.38. The zero-order chi connectivity index (χ0) is 22.5. The first-order chi connectivity index (χ1) is 14.0. The van der Waals surface area contributed by atoms with Crippen LogP contribution in [0.25, 0.3) is 0 Å². The minimum Gasteiger partial charge on any atom is -0.444 e. The Bertz CT molecular complexity index is 898. The number of nitrogens with one attached hydrogen (secondary N) is 1. The first-order valence-electron chi connectivity index (χ1n) is 9.82. The van der Waals surface area contributed by atoms with Crippen LogP contribution in [0.15, 0.2) is 53.4 Å². The van der Waals surface area contributed by atoms with Crippen LogP contribution in [-0.2, 0) is 14.3 Å². The van der Waals surface area contributed by atoms with Crippen molar-refractivity contribution in [2.24, 2.45) is 5.92 Å². The first kappa shape index (κ1) is 23.7. The van der Waals surface area contributed by atoms with Gasteiger partial charge in [0.25, 0.3) is 0 Å². The maximum atomic E-state index is 13.3. The fourth-order valence-electron chi connectivity index (χ4n) is 3.11. The van der Waals surface area contributed by atoms with Gasteiger partial charge in [-0.3, -0.25) is 9.59 Å². The summed E-state index contributed by atoms with van der Waals surface area (Å²) in [7, 11) is 0. The maximum absolute atomic E-state index is 13.3. The van der Waals surface area contributed by atoms with E-state index in [4.69, 9.17) is 4.74 Å². The van der Waals surface area contributed by atoms with Crippen LogP contribution in [0.4, 0.5) is 4.79 Å². The molecule has 2 aromatic carbocycles. The molecule has 0 aliphatic carbocycles. The Morgan fingerprint density at radius 3 is 2.00 bits per heavy atom. The highest BCUT2D eigenvalue weighted by Crippen LogP contribution is 2.34. The summed E-state index contributed by atoms with van der Waals surface area (Å²) in [4.78, 5) is 39.2. The van der Waals surface area contributed by atoms with Crippen LogP contribution >= 0.6 is 11.8 Å². The number of hydrogen-bond donors (Lipinski definition) is 1. The largest absolute Gasteiger partial charge is 0.444 e. The summed E-state index contributed by atoms with van der Waals surface area (Å²) in [5.74, 6) is -1.37. The highest BCUT2D eigenvalue weighted by molar-refractivity contribution is 8.13. The van der Waals surface area contributed by atoms with E-state index >= 15 is 0 Å². The second-order valence-corrected chi connectivity index (χ2v) is 9.28. The Morgan fingerprint density at radius 2 is 1.50 bits per heavy atom. The number of thioether (sulfide) groups is 1. The van der Waals surface area contributed by atoms with E-state index in [-0.39, 0.29) is 10.9 Å². The van der Waals surface area contributed by atoms with Crippen molar-refractivity contribution in [3.05, 3.63) is 65.2 Å². The summed E-state index contributed by atoms with van der Waals surface area (Å²) >= 11 is 1.04. The minimum absolute atomic E-state index is 0.315. The number of rotatable bonds is 6. The highest BCUT2D eigenvalue weighted by atomic mass is 32.2. The average Bonchev–Trinajstić information content (AvgIpc) is 2.63. The van der Waals surface area contributed by atoms with Gasteiger partial charge in [0.1, 0.15) is 17.3 Å². The van der Waals surface area contributed by atoms with Gasteiger partial charge in [-0.15, -0.1) is 0 Å². The lowest BCUT2D eigenvalue weighted by atomic mass is 9.91. The summed E-state index contributed by atoms with van der Waals surface area (Å²) in [6.45, 7) is 10.5. The fourth-order valence-corrected chi connectivity index (χ4v) is 4.20. The third-order valence-corrected chi connectivity index (χ3v) is 5.77. The molecule has 0 aliphatic heterocycles. The van der Waals surface area contributed by atoms with Crippen LogP contribution in [0.5, 0.6) is 0 Å². The number of ketones is 1. The second kappa shape index (κ2) is 9.94. The van der Waals surface area contributed by atoms with E-state index < -0.39 is 23.7 Å². The molecule has 30 heavy (non-hydrogen) atoms. The van der Waals surface area contributed by atoms with Crippen molar-refractivity contribution in [2.75, 3.05) is 0 Å². The van der Waals surface area contributed by atoms with E-state index in [1.54, 1.807) is 45.0 Å². The van der Waals surface area contributed by atoms with Gasteiger partial charge in [-0.05, 0) is 58.2 Å². The molecule has 0 bridgehead atoms. The van der Waals surface area contributed by atoms with Crippen molar-refractivity contribution >= 4 is 28.8 Å². The van der Waals surface area contributed by atoms with Gasteiger partial charge >= 0.3 is 6.09 Å². The van der Waals surface area contributed by atoms with Crippen molar-refractivity contribution in [1.82, 2.24) is 5.32 Å². The molecule has 5 nitrogen and oxygen atoms in total. The summed E-state index contributed by atoms with van der Waals surface area (Å²) in [6, 6.07) is 14.0. The van der Waals surface area contributed by atoms with Gasteiger partial charge in [0, 0.05) is 4.90 Å². The fraction of sp³-hybridized carbons (Fsp3) is 0.375. The number of carbonyl (C=O) groups is 3. The molecule has 0 aliphatic rings. The van der Waals surface area contributed by atoms with Gasteiger partial charge in [0.2, 0.25) is 5.12 Å². The molecule has 6 heteroatoms. The van der Waals surface area contributed by atoms with Gasteiger partial charge in [-0.2, -0.15) is 0 Å². The molecule has 2 rings (SSSR count). The van der Waals surface area contributed by atoms with E-state index in [1.807, 2.05) is 38.1 Å². The first-order valence-corrected chi connectivity index (χ1v) is 10.6. The second-order valence-electron chi connectivity index (χ2n) is 8.26. The normalized spacial score (nSPS) is 13.3. The topological polar surface area (TPSA) is 72.5 Å². The monoisotopic (exact) mass is 427 g/mol. The van der Waals surface area contributed by atoms with Gasteiger partial charge in [-0.1, -0.05) is 60.3 Å². The van der Waals surface area contributed by atoms with E-state index in [9.17, 15) is 14.4 Å². The Hall–Kier alpha value is -2.60. The Labute approximate surface area is 182 Å². The quantitative estimate of drug-likeness (QED) is 0.494. The van der Waals surface area contributed by atoms with E-state index in [0.717, 1.165) is 27.8 Å². The van der Waals surface area contributed by atoms with Crippen LogP contribution in [0, 0.1) is 19.8 Å². The number of aryl methyl sites for hydroxylation is 2. The smallest absolute Gasteiger partial charge is 0.408 e. The predicted octanol–water partition coefficient (Wildman–Crippen LogP) is 5.39. The maximum Gasteiger partial charge on any atom is 0.408 e. The molecule has 0 fully saturated rings. The Morgan fingerprint density at radius 1 is 0.933 bits per heavy atom. The summed E-state index contributed by atoms with van der Waals surface area (Å²) in [6.07, 6.45) is -0.674. The molecule has 1 N–H and O–H groups in total. The average molecular weight is 428 g/mol. The molecule has 160 valence electrons. The minimum atomic E-state index is -1.05. The van der Waals surface area contributed by atoms with E-state index in [2.05, 4.69) is 5.32 Å². The summed E-state index contributed by atoms with van der Waals surface area (Å²) in [5, 5.41) is 2.44. The molecular formula is C24H29NO4S. The van der Waals surface area contributed by atoms with Crippen LogP contribution in [-0.4, -0.2) is 22.6 Å². The molecule has 0 radical (unpaired) electrons. The molecule has 1 amide bonds. The number of benzene rings is 2. The molecule has 0 spiro atoms. The third-order valence-electron chi connectivity index (χ3n) is 4.47. The number of ether oxygens (including phenoxy) is 1. The molecule has 2 aromatic rings. The van der Waals surface area contributed by atoms with Gasteiger partial charge in [0.05, 0.1) is 6.04 Å². The van der Waals surface area contributed by atoms with Crippen molar-refractivity contribution in [3.63, 3.8) is 0 Å². The van der Waals surface area contributed by atoms with E-state index in [1.165, 1.54) is 6.92 Å². The van der Waals surface area contributed by atoms with Gasteiger partial charge in [-0.25, -0.2) is 4.79 Å². The lowest BCUT2D eigenvalue weighted by Crippen LogP contribution is -2.41. The molecule has 0 saturated carbocycles. The zero-order valence-electron chi connectivity index (χ0n) is 18.3. The Kier molecular flexibility index (Phi) is 7.84. The summed E-state index contributed by atoms with van der Waals surface area (Å²) in [5.41, 5.74) is 1.90. The van der Waals surface area contributed by atoms with Crippen LogP contribution in [0.2, 0.25) is 0 Å². The number of hydrogen-bond acceptors (Lipinski definition) is 5. The molecule has 1 unspecified atom stereocenters.